The molecule has 1 atom stereocenters. The summed E-state index contributed by atoms with van der Waals surface area (Å²) in [7, 11) is 0. The summed E-state index contributed by atoms with van der Waals surface area (Å²) in [4.78, 5) is -0.445. The zero-order valence-corrected chi connectivity index (χ0v) is 12.2. The second kappa shape index (κ2) is 5.85. The number of hydrogen-bond acceptors (Lipinski definition) is 5. The summed E-state index contributed by atoms with van der Waals surface area (Å²) in [5, 5.41) is 7.92. The van der Waals surface area contributed by atoms with Gasteiger partial charge in [-0.25, -0.2) is 4.68 Å². The molecule has 1 aliphatic heterocycles. The van der Waals surface area contributed by atoms with Gasteiger partial charge in [-0.2, -0.15) is 0 Å². The van der Waals surface area contributed by atoms with Gasteiger partial charge in [-0.1, -0.05) is 23.4 Å². The maximum Gasteiger partial charge on any atom is 0.162 e. The molecule has 5 nitrogen and oxygen atoms in total. The van der Waals surface area contributed by atoms with Crippen molar-refractivity contribution in [2.75, 3.05) is 19.0 Å². The van der Waals surface area contributed by atoms with E-state index in [4.69, 9.17) is 9.47 Å². The number of nitrogens with zero attached hydrogens (tertiary/aromatic N) is 3. The Kier molecular flexibility index (Phi) is 3.93. The topological polar surface area (TPSA) is 49.2 Å². The molecule has 6 heteroatoms. The first-order valence-corrected chi connectivity index (χ1v) is 7.67. The monoisotopic (exact) mass is 291 g/mol. The van der Waals surface area contributed by atoms with Crippen LogP contribution in [0.2, 0.25) is 0 Å². The Morgan fingerprint density at radius 3 is 3.05 bits per heavy atom. The van der Waals surface area contributed by atoms with Gasteiger partial charge in [0.15, 0.2) is 4.93 Å². The number of ether oxygens (including phenoxy) is 2. The lowest BCUT2D eigenvalue weighted by Gasteiger charge is -2.29. The van der Waals surface area contributed by atoms with Crippen LogP contribution in [0.4, 0.5) is 0 Å². The lowest BCUT2D eigenvalue weighted by molar-refractivity contribution is 0.0306. The number of hydrogen-bond donors (Lipinski definition) is 0. The highest BCUT2D eigenvalue weighted by Crippen LogP contribution is 2.46. The predicted molar refractivity (Wildman–Crippen MR) is 77.7 cm³/mol. The first-order valence-electron chi connectivity index (χ1n) is 6.68. The molecule has 0 aliphatic carbocycles. The van der Waals surface area contributed by atoms with Gasteiger partial charge in [0.2, 0.25) is 0 Å². The van der Waals surface area contributed by atoms with Crippen LogP contribution < -0.4 is 4.74 Å². The van der Waals surface area contributed by atoms with Crippen LogP contribution in [0, 0.1) is 0 Å². The molecule has 0 radical (unpaired) electrons. The summed E-state index contributed by atoms with van der Waals surface area (Å²) >= 11 is 1.79. The number of thioether (sulfide) groups is 1. The Balaban J connectivity index is 1.98. The smallest absolute Gasteiger partial charge is 0.162 e. The minimum absolute atomic E-state index is 0.445. The third-order valence-electron chi connectivity index (χ3n) is 3.19. The van der Waals surface area contributed by atoms with Gasteiger partial charge in [0.05, 0.1) is 26.0 Å². The molecule has 1 aromatic heterocycles. The van der Waals surface area contributed by atoms with Crippen LogP contribution in [-0.4, -0.2) is 34.0 Å². The predicted octanol–water partition coefficient (Wildman–Crippen LogP) is 2.29. The summed E-state index contributed by atoms with van der Waals surface area (Å²) < 4.78 is 13.6. The average molecular weight is 291 g/mol. The van der Waals surface area contributed by atoms with Gasteiger partial charge >= 0.3 is 0 Å². The highest BCUT2D eigenvalue weighted by molar-refractivity contribution is 8.00. The van der Waals surface area contributed by atoms with Crippen molar-refractivity contribution in [3.8, 4) is 5.75 Å². The van der Waals surface area contributed by atoms with Gasteiger partial charge in [-0.3, -0.25) is 0 Å². The lowest BCUT2D eigenvalue weighted by atomic mass is 10.1. The van der Waals surface area contributed by atoms with E-state index in [0.29, 0.717) is 13.2 Å². The first kappa shape index (κ1) is 13.5. The third-order valence-corrected chi connectivity index (χ3v) is 4.50. The van der Waals surface area contributed by atoms with Gasteiger partial charge in [-0.15, -0.1) is 16.9 Å². The molecule has 0 bridgehead atoms. The molecule has 1 unspecified atom stereocenters. The minimum Gasteiger partial charge on any atom is -0.493 e. The molecule has 0 spiro atoms. The summed E-state index contributed by atoms with van der Waals surface area (Å²) in [6.07, 6.45) is 3.54. The lowest BCUT2D eigenvalue weighted by Crippen LogP contribution is -2.29. The van der Waals surface area contributed by atoms with E-state index in [2.05, 4.69) is 16.4 Å². The molecule has 1 fully saturated rings. The summed E-state index contributed by atoms with van der Waals surface area (Å²) in [6.45, 7) is 3.99. The zero-order valence-electron chi connectivity index (χ0n) is 11.4. The molecule has 106 valence electrons. The fourth-order valence-corrected chi connectivity index (χ4v) is 3.59. The van der Waals surface area contributed by atoms with E-state index in [1.807, 2.05) is 31.3 Å². The standard InChI is InChI=1S/C14H17N3O2S/c1-2-18-13-6-4-3-5-12(13)14(19-9-10-20-14)11-17-8-7-15-16-17/h3-8H,2,9-11H2,1H3. The fraction of sp³-hybridized carbons (Fsp3) is 0.429. The van der Waals surface area contributed by atoms with Crippen molar-refractivity contribution in [3.63, 3.8) is 0 Å². The Hall–Kier alpha value is -1.53. The quantitative estimate of drug-likeness (QED) is 0.846. The van der Waals surface area contributed by atoms with Crippen molar-refractivity contribution < 1.29 is 9.47 Å². The van der Waals surface area contributed by atoms with Crippen LogP contribution in [-0.2, 0) is 16.2 Å². The van der Waals surface area contributed by atoms with Crippen LogP contribution in [0.3, 0.4) is 0 Å². The molecule has 1 aliphatic rings. The second-order valence-electron chi connectivity index (χ2n) is 4.48. The van der Waals surface area contributed by atoms with Crippen molar-refractivity contribution in [2.45, 2.75) is 18.4 Å². The van der Waals surface area contributed by atoms with E-state index >= 15 is 0 Å². The molecular formula is C14H17N3O2S. The molecule has 0 saturated carbocycles. The van der Waals surface area contributed by atoms with Crippen molar-refractivity contribution in [3.05, 3.63) is 42.2 Å². The van der Waals surface area contributed by atoms with E-state index in [1.54, 1.807) is 22.6 Å². The van der Waals surface area contributed by atoms with E-state index in [-0.39, 0.29) is 0 Å². The van der Waals surface area contributed by atoms with Gasteiger partial charge in [0.25, 0.3) is 0 Å². The summed E-state index contributed by atoms with van der Waals surface area (Å²) in [5.41, 5.74) is 1.07. The molecule has 1 aromatic carbocycles. The zero-order chi connectivity index (χ0) is 13.8. The Labute approximate surface area is 122 Å². The van der Waals surface area contributed by atoms with Gasteiger partial charge in [-0.05, 0) is 13.0 Å². The number of benzene rings is 1. The van der Waals surface area contributed by atoms with Crippen molar-refractivity contribution in [1.82, 2.24) is 15.0 Å². The maximum absolute atomic E-state index is 6.08. The second-order valence-corrected chi connectivity index (χ2v) is 5.84. The molecule has 0 N–H and O–H groups in total. The Morgan fingerprint density at radius 1 is 1.45 bits per heavy atom. The van der Waals surface area contributed by atoms with Crippen LogP contribution in [0.15, 0.2) is 36.7 Å². The van der Waals surface area contributed by atoms with Crippen LogP contribution in [0.1, 0.15) is 12.5 Å². The Morgan fingerprint density at radius 2 is 2.35 bits per heavy atom. The SMILES string of the molecule is CCOc1ccccc1C1(Cn2ccnn2)OCCS1. The number of para-hydroxylation sites is 1. The van der Waals surface area contributed by atoms with Crippen molar-refractivity contribution in [1.29, 1.82) is 0 Å². The highest BCUT2D eigenvalue weighted by atomic mass is 32.2. The third kappa shape index (κ3) is 2.53. The molecular weight excluding hydrogens is 274 g/mol. The van der Waals surface area contributed by atoms with Crippen molar-refractivity contribution >= 4 is 11.8 Å². The van der Waals surface area contributed by atoms with Crippen LogP contribution >= 0.6 is 11.8 Å². The van der Waals surface area contributed by atoms with Crippen LogP contribution in [0.5, 0.6) is 5.75 Å². The molecule has 0 amide bonds. The Bertz CT molecular complexity index is 553. The molecule has 2 aromatic rings. The van der Waals surface area contributed by atoms with Crippen LogP contribution in [0.25, 0.3) is 0 Å². The van der Waals surface area contributed by atoms with E-state index in [0.717, 1.165) is 23.7 Å². The van der Waals surface area contributed by atoms with Gasteiger partial charge in [0, 0.05) is 17.5 Å². The van der Waals surface area contributed by atoms with E-state index in [1.165, 1.54) is 0 Å². The number of rotatable bonds is 5. The molecule has 3 rings (SSSR count). The van der Waals surface area contributed by atoms with E-state index in [9.17, 15) is 0 Å². The first-order chi connectivity index (χ1) is 9.84. The normalized spacial score (nSPS) is 22.1. The maximum atomic E-state index is 6.08. The fourth-order valence-electron chi connectivity index (χ4n) is 2.38. The summed E-state index contributed by atoms with van der Waals surface area (Å²) in [6, 6.07) is 8.06. The molecule has 20 heavy (non-hydrogen) atoms. The largest absolute Gasteiger partial charge is 0.493 e. The van der Waals surface area contributed by atoms with Gasteiger partial charge in [0.1, 0.15) is 5.75 Å². The number of aromatic nitrogens is 3. The van der Waals surface area contributed by atoms with Crippen molar-refractivity contribution in [2.24, 2.45) is 0 Å². The molecule has 2 heterocycles. The summed E-state index contributed by atoms with van der Waals surface area (Å²) in [5.74, 6) is 1.85. The average Bonchev–Trinajstić information content (AvgIpc) is 3.13. The van der Waals surface area contributed by atoms with Gasteiger partial charge < -0.3 is 9.47 Å². The minimum atomic E-state index is -0.445. The molecule has 1 saturated heterocycles. The highest BCUT2D eigenvalue weighted by Gasteiger charge is 2.41. The van der Waals surface area contributed by atoms with E-state index < -0.39 is 4.93 Å².